The second-order valence-corrected chi connectivity index (χ2v) is 9.33. The molecule has 0 bridgehead atoms. The molecule has 3 N–H and O–H groups in total. The van der Waals surface area contributed by atoms with Crippen LogP contribution in [0.25, 0.3) is 11.8 Å². The number of likely N-dealkylation sites (tertiary alicyclic amines) is 1. The molecule has 196 valence electrons. The van der Waals surface area contributed by atoms with Crippen molar-refractivity contribution in [2.24, 2.45) is 17.6 Å². The highest BCUT2D eigenvalue weighted by molar-refractivity contribution is 5.53. The number of aromatic nitrogens is 2. The number of aromatic amines is 1. The van der Waals surface area contributed by atoms with Gasteiger partial charge in [-0.15, -0.1) is 0 Å². The van der Waals surface area contributed by atoms with E-state index in [0.29, 0.717) is 12.8 Å². The van der Waals surface area contributed by atoms with Gasteiger partial charge in [-0.3, -0.25) is 19.2 Å². The average molecular weight is 514 g/mol. The summed E-state index contributed by atoms with van der Waals surface area (Å²) in [5.74, 6) is -4.29. The van der Waals surface area contributed by atoms with Gasteiger partial charge >= 0.3 is 18.0 Å². The van der Waals surface area contributed by atoms with Crippen molar-refractivity contribution in [2.75, 3.05) is 20.2 Å². The van der Waals surface area contributed by atoms with Crippen LogP contribution in [0.2, 0.25) is 0 Å². The van der Waals surface area contributed by atoms with Gasteiger partial charge in [0.2, 0.25) is 0 Å². The summed E-state index contributed by atoms with van der Waals surface area (Å²) >= 11 is 0. The van der Waals surface area contributed by atoms with Gasteiger partial charge < -0.3 is 10.5 Å². The number of alkyl halides is 7. The number of hydrogen-bond acceptors (Lipinski definition) is 5. The minimum atomic E-state index is -5.49. The Morgan fingerprint density at radius 3 is 2.31 bits per heavy atom. The summed E-state index contributed by atoms with van der Waals surface area (Å²) in [5, 5.41) is 0.0901. The predicted molar refractivity (Wildman–Crippen MR) is 110 cm³/mol. The molecule has 14 heteroatoms. The van der Waals surface area contributed by atoms with Crippen molar-refractivity contribution < 1.29 is 35.5 Å². The molecule has 0 aromatic carbocycles. The Morgan fingerprint density at radius 1 is 1.14 bits per heavy atom. The Balaban J connectivity index is 1.64. The molecule has 4 rings (SSSR count). The number of nitrogens with two attached hydrogens (primary N) is 1. The van der Waals surface area contributed by atoms with Crippen LogP contribution in [0, 0.1) is 11.8 Å². The van der Waals surface area contributed by atoms with E-state index in [-0.39, 0.29) is 41.9 Å². The number of rotatable bonds is 6. The van der Waals surface area contributed by atoms with Crippen molar-refractivity contribution in [2.45, 2.75) is 62.3 Å². The Morgan fingerprint density at radius 2 is 1.77 bits per heavy atom. The van der Waals surface area contributed by atoms with Crippen molar-refractivity contribution in [1.82, 2.24) is 14.5 Å². The largest absolute Gasteiger partial charge is 0.497 e. The molecule has 1 aromatic rings. The smallest absolute Gasteiger partial charge is 0.400 e. The van der Waals surface area contributed by atoms with Crippen LogP contribution in [0.15, 0.2) is 9.59 Å². The quantitative estimate of drug-likeness (QED) is 0.551. The molecule has 4 unspecified atom stereocenters. The van der Waals surface area contributed by atoms with Gasteiger partial charge in [0.05, 0.1) is 17.7 Å². The van der Waals surface area contributed by atoms with E-state index in [9.17, 15) is 35.9 Å². The van der Waals surface area contributed by atoms with Crippen LogP contribution in [0.1, 0.15) is 31.7 Å². The van der Waals surface area contributed by atoms with Crippen LogP contribution in [0.5, 0.6) is 0 Å². The van der Waals surface area contributed by atoms with Crippen LogP contribution in [-0.2, 0) is 4.74 Å². The van der Waals surface area contributed by atoms with Crippen LogP contribution >= 0.6 is 0 Å². The molecule has 35 heavy (non-hydrogen) atoms. The molecule has 0 radical (unpaired) electrons. The topological polar surface area (TPSA) is 93.3 Å². The standard InChI is InChI=1S/C21H25F7N4O3/c1-35-17-15-11(18(33)30-19(34)32(15)10-2-3-10)6-12(22)16(17)31-5-4-9(8-31)13(29)7-14(20(23,24)25)21(26,27)28/h6,9-10,12-14,16H,2-5,7-8,29H2,1H3,(H,30,33,34). The lowest BCUT2D eigenvalue weighted by Gasteiger charge is -2.33. The van der Waals surface area contributed by atoms with Crippen molar-refractivity contribution in [3.05, 3.63) is 31.4 Å². The van der Waals surface area contributed by atoms with Crippen LogP contribution in [0.3, 0.4) is 0 Å². The fourth-order valence-electron chi connectivity index (χ4n) is 5.11. The number of H-pyrrole nitrogens is 1. The molecule has 1 aliphatic heterocycles. The summed E-state index contributed by atoms with van der Waals surface area (Å²) in [5.41, 5.74) is 4.36. The van der Waals surface area contributed by atoms with Gasteiger partial charge in [-0.25, -0.2) is 9.18 Å². The Labute approximate surface area is 194 Å². The zero-order valence-electron chi connectivity index (χ0n) is 18.6. The first-order chi connectivity index (χ1) is 16.2. The summed E-state index contributed by atoms with van der Waals surface area (Å²) in [6, 6.07) is -2.73. The fraction of sp³-hybridized carbons (Fsp3) is 0.714. The van der Waals surface area contributed by atoms with Crippen molar-refractivity contribution in [1.29, 1.82) is 0 Å². The average Bonchev–Trinajstić information content (AvgIpc) is 3.45. The number of hydrogen-bond donors (Lipinski definition) is 2. The van der Waals surface area contributed by atoms with Crippen LogP contribution in [0.4, 0.5) is 30.7 Å². The number of halogens is 7. The second kappa shape index (κ2) is 8.95. The summed E-state index contributed by atoms with van der Waals surface area (Å²) < 4.78 is 100. The third-order valence-corrected chi connectivity index (χ3v) is 6.99. The molecule has 4 atom stereocenters. The molecule has 0 amide bonds. The maximum atomic E-state index is 15.3. The number of nitrogens with one attached hydrogen (secondary N) is 1. The van der Waals surface area contributed by atoms with Crippen molar-refractivity contribution in [3.63, 3.8) is 0 Å². The minimum Gasteiger partial charge on any atom is -0.497 e. The molecule has 1 saturated heterocycles. The van der Waals surface area contributed by atoms with Gasteiger partial charge in [-0.1, -0.05) is 0 Å². The SMILES string of the molecule is COC1=c2c(c(=O)[nH]c(=O)n2C2CC2)=CC(F)C1N1CCC(C(N)CC(C(F)(F)F)C(F)(F)F)C1. The third kappa shape index (κ3) is 4.86. The molecule has 1 aromatic heterocycles. The highest BCUT2D eigenvalue weighted by Gasteiger charge is 2.57. The molecule has 1 saturated carbocycles. The lowest BCUT2D eigenvalue weighted by molar-refractivity contribution is -0.287. The number of fused-ring (bicyclic) bond motifs is 1. The van der Waals surface area contributed by atoms with E-state index in [1.807, 2.05) is 0 Å². The highest BCUT2D eigenvalue weighted by Crippen LogP contribution is 2.43. The molecule has 3 aliphatic rings. The molecule has 2 fully saturated rings. The van der Waals surface area contributed by atoms with E-state index in [0.717, 1.165) is 6.08 Å². The zero-order chi connectivity index (χ0) is 25.9. The van der Waals surface area contributed by atoms with Gasteiger partial charge in [0, 0.05) is 18.6 Å². The van der Waals surface area contributed by atoms with E-state index in [2.05, 4.69) is 4.98 Å². The van der Waals surface area contributed by atoms with Crippen molar-refractivity contribution >= 4 is 11.8 Å². The van der Waals surface area contributed by atoms with E-state index >= 15 is 4.39 Å². The maximum absolute atomic E-state index is 15.3. The summed E-state index contributed by atoms with van der Waals surface area (Å²) in [4.78, 5) is 28.6. The first-order valence-electron chi connectivity index (χ1n) is 11.2. The molecule has 2 heterocycles. The third-order valence-electron chi connectivity index (χ3n) is 6.99. The lowest BCUT2D eigenvalue weighted by atomic mass is 9.89. The summed E-state index contributed by atoms with van der Waals surface area (Å²) in [6.45, 7) is 0.0701. The number of methoxy groups -OCH3 is 1. The van der Waals surface area contributed by atoms with E-state index in [4.69, 9.17) is 10.5 Å². The minimum absolute atomic E-state index is 0.0165. The molecule has 7 nitrogen and oxygen atoms in total. The predicted octanol–water partition coefficient (Wildman–Crippen LogP) is 0.907. The van der Waals surface area contributed by atoms with Gasteiger partial charge in [-0.05, 0) is 44.2 Å². The van der Waals surface area contributed by atoms with Crippen LogP contribution in [-0.4, -0.2) is 65.3 Å². The van der Waals surface area contributed by atoms with Gasteiger partial charge in [0.25, 0.3) is 5.56 Å². The normalized spacial score (nSPS) is 26.6. The van der Waals surface area contributed by atoms with Crippen molar-refractivity contribution in [3.8, 4) is 0 Å². The van der Waals surface area contributed by atoms with Gasteiger partial charge in [0.15, 0.2) is 5.92 Å². The summed E-state index contributed by atoms with van der Waals surface area (Å²) in [7, 11) is 1.25. The first-order valence-corrected chi connectivity index (χ1v) is 11.2. The van der Waals surface area contributed by atoms with E-state index in [1.165, 1.54) is 16.6 Å². The Kier molecular flexibility index (Phi) is 6.58. The Bertz CT molecular complexity index is 1190. The molecular weight excluding hydrogens is 489 g/mol. The first kappa shape index (κ1) is 25.7. The van der Waals surface area contributed by atoms with Crippen LogP contribution < -0.4 is 27.6 Å². The van der Waals surface area contributed by atoms with Gasteiger partial charge in [0.1, 0.15) is 18.0 Å². The lowest BCUT2D eigenvalue weighted by Crippen LogP contribution is -2.60. The van der Waals surface area contributed by atoms with E-state index < -0.39 is 60.1 Å². The molecule has 2 aliphatic carbocycles. The number of nitrogens with zero attached hydrogens (tertiary/aromatic N) is 2. The number of ether oxygens (including phenoxy) is 1. The zero-order valence-corrected chi connectivity index (χ0v) is 18.6. The molecule has 0 spiro atoms. The highest BCUT2D eigenvalue weighted by atomic mass is 19.4. The van der Waals surface area contributed by atoms with E-state index in [1.54, 1.807) is 0 Å². The van der Waals surface area contributed by atoms with Gasteiger partial charge in [-0.2, -0.15) is 26.3 Å². The fourth-order valence-corrected chi connectivity index (χ4v) is 5.11. The summed E-state index contributed by atoms with van der Waals surface area (Å²) in [6.07, 6.45) is -11.5. The second-order valence-electron chi connectivity index (χ2n) is 9.33. The molecular formula is C21H25F7N4O3. The monoisotopic (exact) mass is 514 g/mol. The Hall–Kier alpha value is -2.35. The maximum Gasteiger partial charge on any atom is 0.400 e.